The van der Waals surface area contributed by atoms with E-state index in [-0.39, 0.29) is 11.6 Å². The summed E-state index contributed by atoms with van der Waals surface area (Å²) in [7, 11) is 0. The van der Waals surface area contributed by atoms with Gasteiger partial charge in [0.15, 0.2) is 0 Å². The lowest BCUT2D eigenvalue weighted by Crippen LogP contribution is -2.30. The molecule has 0 aliphatic heterocycles. The Hall–Kier alpha value is -1.62. The van der Waals surface area contributed by atoms with Crippen molar-refractivity contribution in [2.45, 2.75) is 32.6 Å². The molecule has 1 aromatic rings. The third-order valence-corrected chi connectivity index (χ3v) is 3.67. The van der Waals surface area contributed by atoms with E-state index < -0.39 is 5.82 Å². The topological polar surface area (TPSA) is 58.4 Å². The van der Waals surface area contributed by atoms with Gasteiger partial charge in [-0.05, 0) is 49.9 Å². The van der Waals surface area contributed by atoms with E-state index in [1.165, 1.54) is 31.0 Å². The Bertz CT molecular complexity index is 488. The normalized spacial score (nSPS) is 14.4. The molecular weight excluding hydrogens is 269 g/mol. The second-order valence-corrected chi connectivity index (χ2v) is 5.78. The molecule has 1 aliphatic carbocycles. The van der Waals surface area contributed by atoms with Crippen LogP contribution in [-0.2, 0) is 4.79 Å². The summed E-state index contributed by atoms with van der Waals surface area (Å²) in [4.78, 5) is 14.3. The van der Waals surface area contributed by atoms with Crippen molar-refractivity contribution < 1.29 is 9.18 Å². The zero-order chi connectivity index (χ0) is 15.2. The van der Waals surface area contributed by atoms with Crippen molar-refractivity contribution in [3.05, 3.63) is 24.0 Å². The van der Waals surface area contributed by atoms with Crippen molar-refractivity contribution in [2.75, 3.05) is 30.7 Å². The summed E-state index contributed by atoms with van der Waals surface area (Å²) in [6, 6.07) is 4.19. The predicted molar refractivity (Wildman–Crippen MR) is 83.5 cm³/mol. The first-order chi connectivity index (χ1) is 10.1. The highest BCUT2D eigenvalue weighted by molar-refractivity contribution is 5.91. The van der Waals surface area contributed by atoms with Crippen molar-refractivity contribution in [3.8, 4) is 0 Å². The summed E-state index contributed by atoms with van der Waals surface area (Å²) in [6.07, 6.45) is 4.07. The fourth-order valence-electron chi connectivity index (χ4n) is 2.39. The van der Waals surface area contributed by atoms with Crippen LogP contribution < -0.4 is 11.1 Å². The SMILES string of the molecule is CCCN(CCC(=O)Nc1cc(N)ccc1F)CC1CC1. The largest absolute Gasteiger partial charge is 0.399 e. The van der Waals surface area contributed by atoms with Gasteiger partial charge in [0.25, 0.3) is 0 Å². The van der Waals surface area contributed by atoms with Crippen LogP contribution in [0.1, 0.15) is 32.6 Å². The predicted octanol–water partition coefficient (Wildman–Crippen LogP) is 2.86. The number of carbonyl (C=O) groups is 1. The van der Waals surface area contributed by atoms with E-state index in [4.69, 9.17) is 5.73 Å². The molecule has 0 aromatic heterocycles. The molecule has 0 heterocycles. The number of benzene rings is 1. The fraction of sp³-hybridized carbons (Fsp3) is 0.562. The molecule has 0 atom stereocenters. The number of amides is 1. The molecule has 0 radical (unpaired) electrons. The Balaban J connectivity index is 1.81. The molecule has 2 rings (SSSR count). The molecular formula is C16H24FN3O. The van der Waals surface area contributed by atoms with Crippen molar-refractivity contribution in [2.24, 2.45) is 5.92 Å². The quantitative estimate of drug-likeness (QED) is 0.725. The highest BCUT2D eigenvalue weighted by Gasteiger charge is 2.24. The standard InChI is InChI=1S/C16H24FN3O/c1-2-8-20(11-12-3-4-12)9-7-16(21)19-15-10-13(18)5-6-14(15)17/h5-6,10,12H,2-4,7-9,11,18H2,1H3,(H,19,21). The van der Waals surface area contributed by atoms with Gasteiger partial charge < -0.3 is 16.0 Å². The van der Waals surface area contributed by atoms with Gasteiger partial charge >= 0.3 is 0 Å². The van der Waals surface area contributed by atoms with Crippen LogP contribution in [0.2, 0.25) is 0 Å². The van der Waals surface area contributed by atoms with Crippen LogP contribution in [-0.4, -0.2) is 30.4 Å². The molecule has 0 unspecified atom stereocenters. The molecule has 116 valence electrons. The summed E-state index contributed by atoms with van der Waals surface area (Å²) in [6.45, 7) is 4.95. The number of hydrogen-bond acceptors (Lipinski definition) is 3. The maximum absolute atomic E-state index is 13.5. The first kappa shape index (κ1) is 15.8. The third-order valence-electron chi connectivity index (χ3n) is 3.67. The van der Waals surface area contributed by atoms with Gasteiger partial charge in [0.05, 0.1) is 5.69 Å². The third kappa shape index (κ3) is 5.34. The lowest BCUT2D eigenvalue weighted by atomic mass is 10.2. The lowest BCUT2D eigenvalue weighted by molar-refractivity contribution is -0.116. The smallest absolute Gasteiger partial charge is 0.225 e. The van der Waals surface area contributed by atoms with Crippen LogP contribution in [0.5, 0.6) is 0 Å². The van der Waals surface area contributed by atoms with Gasteiger partial charge in [0.2, 0.25) is 5.91 Å². The Labute approximate surface area is 125 Å². The highest BCUT2D eigenvalue weighted by atomic mass is 19.1. The Morgan fingerprint density at radius 1 is 1.43 bits per heavy atom. The van der Waals surface area contributed by atoms with Gasteiger partial charge in [-0.15, -0.1) is 0 Å². The maximum atomic E-state index is 13.5. The van der Waals surface area contributed by atoms with Crippen LogP contribution >= 0.6 is 0 Å². The molecule has 1 aromatic carbocycles. The van der Waals surface area contributed by atoms with E-state index in [2.05, 4.69) is 17.1 Å². The molecule has 1 fully saturated rings. The highest BCUT2D eigenvalue weighted by Crippen LogP contribution is 2.29. The molecule has 4 nitrogen and oxygen atoms in total. The van der Waals surface area contributed by atoms with Crippen molar-refractivity contribution in [3.63, 3.8) is 0 Å². The van der Waals surface area contributed by atoms with Crippen molar-refractivity contribution in [1.29, 1.82) is 0 Å². The number of nitrogen functional groups attached to an aromatic ring is 1. The summed E-state index contributed by atoms with van der Waals surface area (Å²) in [5.41, 5.74) is 6.20. The summed E-state index contributed by atoms with van der Waals surface area (Å²) < 4.78 is 13.5. The molecule has 3 N–H and O–H groups in total. The van der Waals surface area contributed by atoms with Gasteiger partial charge in [-0.3, -0.25) is 4.79 Å². The Kier molecular flexibility index (Phi) is 5.56. The van der Waals surface area contributed by atoms with Crippen LogP contribution in [0, 0.1) is 11.7 Å². The summed E-state index contributed by atoms with van der Waals surface area (Å²) in [5, 5.41) is 2.60. The van der Waals surface area contributed by atoms with E-state index in [0.717, 1.165) is 32.0 Å². The van der Waals surface area contributed by atoms with Gasteiger partial charge in [-0.2, -0.15) is 0 Å². The second-order valence-electron chi connectivity index (χ2n) is 5.78. The number of halogens is 1. The minimum absolute atomic E-state index is 0.157. The average Bonchev–Trinajstić information content (AvgIpc) is 3.24. The van der Waals surface area contributed by atoms with Gasteiger partial charge in [-0.25, -0.2) is 4.39 Å². The van der Waals surface area contributed by atoms with Gasteiger partial charge in [0, 0.05) is 25.2 Å². The van der Waals surface area contributed by atoms with E-state index >= 15 is 0 Å². The van der Waals surface area contributed by atoms with Crippen LogP contribution in [0.25, 0.3) is 0 Å². The minimum Gasteiger partial charge on any atom is -0.399 e. The molecule has 1 aliphatic rings. The molecule has 0 spiro atoms. The summed E-state index contributed by atoms with van der Waals surface area (Å²) in [5.74, 6) is 0.184. The van der Waals surface area contributed by atoms with Crippen LogP contribution in [0.4, 0.5) is 15.8 Å². The number of hydrogen-bond donors (Lipinski definition) is 2. The second kappa shape index (κ2) is 7.41. The van der Waals surface area contributed by atoms with Gasteiger partial charge in [-0.1, -0.05) is 6.92 Å². The van der Waals surface area contributed by atoms with E-state index in [1.54, 1.807) is 0 Å². The first-order valence-corrected chi connectivity index (χ1v) is 7.65. The number of anilines is 2. The van der Waals surface area contributed by atoms with E-state index in [1.807, 2.05) is 0 Å². The number of nitrogens with one attached hydrogen (secondary N) is 1. The Morgan fingerprint density at radius 3 is 2.86 bits per heavy atom. The van der Waals surface area contributed by atoms with Crippen LogP contribution in [0.3, 0.4) is 0 Å². The molecule has 1 saturated carbocycles. The lowest BCUT2D eigenvalue weighted by Gasteiger charge is -2.21. The number of carbonyl (C=O) groups excluding carboxylic acids is 1. The minimum atomic E-state index is -0.457. The molecule has 5 heteroatoms. The molecule has 1 amide bonds. The number of rotatable bonds is 8. The van der Waals surface area contributed by atoms with Gasteiger partial charge in [0.1, 0.15) is 5.82 Å². The zero-order valence-corrected chi connectivity index (χ0v) is 12.6. The molecule has 0 bridgehead atoms. The fourth-order valence-corrected chi connectivity index (χ4v) is 2.39. The summed E-state index contributed by atoms with van der Waals surface area (Å²) >= 11 is 0. The maximum Gasteiger partial charge on any atom is 0.225 e. The number of nitrogens with two attached hydrogens (primary N) is 1. The zero-order valence-electron chi connectivity index (χ0n) is 12.6. The Morgan fingerprint density at radius 2 is 2.19 bits per heavy atom. The molecule has 0 saturated heterocycles. The number of nitrogens with zero attached hydrogens (tertiary/aromatic N) is 1. The average molecular weight is 293 g/mol. The van der Waals surface area contributed by atoms with Crippen molar-refractivity contribution in [1.82, 2.24) is 4.90 Å². The molecule has 21 heavy (non-hydrogen) atoms. The van der Waals surface area contributed by atoms with Crippen LogP contribution in [0.15, 0.2) is 18.2 Å². The van der Waals surface area contributed by atoms with E-state index in [0.29, 0.717) is 12.1 Å². The van der Waals surface area contributed by atoms with Crippen molar-refractivity contribution >= 4 is 17.3 Å². The first-order valence-electron chi connectivity index (χ1n) is 7.65. The monoisotopic (exact) mass is 293 g/mol. The van der Waals surface area contributed by atoms with E-state index in [9.17, 15) is 9.18 Å².